The minimum atomic E-state index is -4.17. The molecule has 0 fully saturated rings. The fourth-order valence-corrected chi connectivity index (χ4v) is 3.17. The van der Waals surface area contributed by atoms with E-state index in [-0.39, 0.29) is 10.6 Å². The molecule has 0 spiro atoms. The minimum Gasteiger partial charge on any atom is -0.496 e. The van der Waals surface area contributed by atoms with Crippen LogP contribution in [0.4, 0.5) is 8.78 Å². The molecule has 0 atom stereocenters. The monoisotopic (exact) mass is 328 g/mol. The predicted octanol–water partition coefficient (Wildman–Crippen LogP) is 3.36. The van der Waals surface area contributed by atoms with Gasteiger partial charge in [-0.3, -0.25) is 0 Å². The highest BCUT2D eigenvalue weighted by Gasteiger charge is 2.22. The van der Waals surface area contributed by atoms with Gasteiger partial charge in [0.25, 0.3) is 0 Å². The molecule has 0 heterocycles. The van der Waals surface area contributed by atoms with Crippen molar-refractivity contribution in [1.29, 1.82) is 0 Å². The van der Waals surface area contributed by atoms with Crippen LogP contribution < -0.4 is 8.92 Å². The molecule has 0 saturated carbocycles. The van der Waals surface area contributed by atoms with E-state index in [4.69, 9.17) is 8.92 Å². The maximum Gasteiger partial charge on any atom is 0.339 e. The Labute approximate surface area is 127 Å². The summed E-state index contributed by atoms with van der Waals surface area (Å²) in [4.78, 5) is -0.0597. The van der Waals surface area contributed by atoms with Crippen molar-refractivity contribution >= 4 is 10.1 Å². The number of hydrogen-bond acceptors (Lipinski definition) is 4. The molecule has 0 aliphatic rings. The Balaban J connectivity index is 2.42. The van der Waals surface area contributed by atoms with Gasteiger partial charge in [-0.25, -0.2) is 8.78 Å². The Morgan fingerprint density at radius 2 is 1.64 bits per heavy atom. The lowest BCUT2D eigenvalue weighted by molar-refractivity contribution is 0.410. The van der Waals surface area contributed by atoms with Crippen LogP contribution in [-0.2, 0) is 10.1 Å². The van der Waals surface area contributed by atoms with E-state index in [0.717, 1.165) is 12.1 Å². The molecule has 2 rings (SSSR count). The van der Waals surface area contributed by atoms with Gasteiger partial charge in [-0.05, 0) is 49.2 Å². The smallest absolute Gasteiger partial charge is 0.339 e. The van der Waals surface area contributed by atoms with Gasteiger partial charge in [-0.15, -0.1) is 0 Å². The van der Waals surface area contributed by atoms with Crippen molar-refractivity contribution in [2.45, 2.75) is 18.7 Å². The van der Waals surface area contributed by atoms with Gasteiger partial charge < -0.3 is 8.92 Å². The van der Waals surface area contributed by atoms with E-state index < -0.39 is 21.8 Å². The average molecular weight is 328 g/mol. The van der Waals surface area contributed by atoms with Gasteiger partial charge in [0.05, 0.1) is 7.11 Å². The van der Waals surface area contributed by atoms with E-state index >= 15 is 0 Å². The van der Waals surface area contributed by atoms with Crippen molar-refractivity contribution in [2.75, 3.05) is 7.11 Å². The number of halogens is 2. The van der Waals surface area contributed by atoms with Crippen LogP contribution in [0.5, 0.6) is 11.5 Å². The second-order valence-corrected chi connectivity index (χ2v) is 6.14. The van der Waals surface area contributed by atoms with Crippen molar-refractivity contribution in [2.24, 2.45) is 0 Å². The Morgan fingerprint density at radius 3 is 2.23 bits per heavy atom. The molecule has 0 radical (unpaired) electrons. The van der Waals surface area contributed by atoms with Gasteiger partial charge in [0.15, 0.2) is 11.6 Å². The Kier molecular flexibility index (Phi) is 4.37. The van der Waals surface area contributed by atoms with E-state index in [1.165, 1.54) is 19.2 Å². The van der Waals surface area contributed by atoms with Crippen LogP contribution in [0.3, 0.4) is 0 Å². The third kappa shape index (κ3) is 3.04. The largest absolute Gasteiger partial charge is 0.496 e. The molecule has 0 aliphatic heterocycles. The Hall–Kier alpha value is -2.15. The average Bonchev–Trinajstić information content (AvgIpc) is 2.45. The van der Waals surface area contributed by atoms with Crippen LogP contribution in [0.2, 0.25) is 0 Å². The molecule has 7 heteroatoms. The summed E-state index contributed by atoms with van der Waals surface area (Å²) in [5.41, 5.74) is 1.11. The van der Waals surface area contributed by atoms with E-state index in [1.807, 2.05) is 0 Å². The van der Waals surface area contributed by atoms with Gasteiger partial charge >= 0.3 is 10.1 Å². The van der Waals surface area contributed by atoms with Gasteiger partial charge in [-0.1, -0.05) is 0 Å². The molecule has 0 aromatic heterocycles. The Morgan fingerprint density at radius 1 is 0.955 bits per heavy atom. The van der Waals surface area contributed by atoms with Crippen molar-refractivity contribution in [3.63, 3.8) is 0 Å². The van der Waals surface area contributed by atoms with Gasteiger partial charge in [0.2, 0.25) is 0 Å². The highest BCUT2D eigenvalue weighted by molar-refractivity contribution is 7.87. The fraction of sp³-hybridized carbons (Fsp3) is 0.200. The number of benzene rings is 2. The zero-order valence-electron chi connectivity index (χ0n) is 12.2. The van der Waals surface area contributed by atoms with Crippen molar-refractivity contribution in [1.82, 2.24) is 0 Å². The number of rotatable bonds is 4. The van der Waals surface area contributed by atoms with Crippen molar-refractivity contribution in [3.8, 4) is 11.5 Å². The van der Waals surface area contributed by atoms with Crippen LogP contribution in [0.1, 0.15) is 11.1 Å². The summed E-state index contributed by atoms with van der Waals surface area (Å²) >= 11 is 0. The van der Waals surface area contributed by atoms with E-state index in [9.17, 15) is 17.2 Å². The molecule has 22 heavy (non-hydrogen) atoms. The standard InChI is InChI=1S/C15H14F2O4S/c1-9-10(2)15(7-6-14(9)20-3)22(18,19)21-11-4-5-12(16)13(17)8-11/h4-8H,1-3H3. The summed E-state index contributed by atoms with van der Waals surface area (Å²) in [5, 5.41) is 0. The lowest BCUT2D eigenvalue weighted by Crippen LogP contribution is -2.12. The van der Waals surface area contributed by atoms with E-state index in [1.54, 1.807) is 13.8 Å². The SMILES string of the molecule is COc1ccc(S(=O)(=O)Oc2ccc(F)c(F)c2)c(C)c1C. The van der Waals surface area contributed by atoms with Crippen LogP contribution in [0.15, 0.2) is 35.2 Å². The molecule has 4 nitrogen and oxygen atoms in total. The molecule has 0 aliphatic carbocycles. The molecular formula is C15H14F2O4S. The highest BCUT2D eigenvalue weighted by atomic mass is 32.2. The number of hydrogen-bond donors (Lipinski definition) is 0. The van der Waals surface area contributed by atoms with Crippen LogP contribution >= 0.6 is 0 Å². The van der Waals surface area contributed by atoms with E-state index in [2.05, 4.69) is 0 Å². The van der Waals surface area contributed by atoms with Crippen LogP contribution in [0, 0.1) is 25.5 Å². The number of ether oxygens (including phenoxy) is 1. The lowest BCUT2D eigenvalue weighted by atomic mass is 10.1. The van der Waals surface area contributed by atoms with Gasteiger partial charge in [0.1, 0.15) is 16.4 Å². The molecule has 0 amide bonds. The summed E-state index contributed by atoms with van der Waals surface area (Å²) < 4.78 is 60.5. The third-order valence-corrected chi connectivity index (χ3v) is 4.67. The third-order valence-electron chi connectivity index (χ3n) is 3.27. The summed E-state index contributed by atoms with van der Waals surface area (Å²) in [6.07, 6.45) is 0. The first kappa shape index (κ1) is 16.2. The lowest BCUT2D eigenvalue weighted by Gasteiger charge is -2.13. The topological polar surface area (TPSA) is 52.6 Å². The quantitative estimate of drug-likeness (QED) is 0.808. The second-order valence-electron chi connectivity index (χ2n) is 4.63. The first-order valence-electron chi connectivity index (χ1n) is 6.30. The van der Waals surface area contributed by atoms with Gasteiger partial charge in [-0.2, -0.15) is 8.42 Å². The molecule has 2 aromatic rings. The molecule has 0 saturated heterocycles. The zero-order valence-corrected chi connectivity index (χ0v) is 13.0. The van der Waals surface area contributed by atoms with Crippen molar-refractivity contribution in [3.05, 3.63) is 53.1 Å². The second kappa shape index (κ2) is 5.92. The summed E-state index contributed by atoms with van der Waals surface area (Å²) in [7, 11) is -2.69. The van der Waals surface area contributed by atoms with Gasteiger partial charge in [0, 0.05) is 6.07 Å². The van der Waals surface area contributed by atoms with Crippen molar-refractivity contribution < 1.29 is 26.1 Å². The molecular weight excluding hydrogens is 314 g/mol. The predicted molar refractivity (Wildman–Crippen MR) is 76.6 cm³/mol. The zero-order chi connectivity index (χ0) is 16.5. The van der Waals surface area contributed by atoms with E-state index in [0.29, 0.717) is 22.9 Å². The number of methoxy groups -OCH3 is 1. The first-order chi connectivity index (χ1) is 10.3. The summed E-state index contributed by atoms with van der Waals surface area (Å²) in [6, 6.07) is 5.37. The highest BCUT2D eigenvalue weighted by Crippen LogP contribution is 2.29. The molecule has 118 valence electrons. The molecule has 0 unspecified atom stereocenters. The molecule has 2 aromatic carbocycles. The minimum absolute atomic E-state index is 0.0597. The normalized spacial score (nSPS) is 11.3. The summed E-state index contributed by atoms with van der Waals surface area (Å²) in [5.74, 6) is -2.02. The first-order valence-corrected chi connectivity index (χ1v) is 7.71. The maximum absolute atomic E-state index is 13.1. The molecule has 0 bridgehead atoms. The van der Waals surface area contributed by atoms with Crippen LogP contribution in [-0.4, -0.2) is 15.5 Å². The molecule has 0 N–H and O–H groups in total. The summed E-state index contributed by atoms with van der Waals surface area (Å²) in [6.45, 7) is 3.32. The fourth-order valence-electron chi connectivity index (χ4n) is 1.96. The Bertz CT molecular complexity index is 817. The maximum atomic E-state index is 13.1. The van der Waals surface area contributed by atoms with Crippen LogP contribution in [0.25, 0.3) is 0 Å².